The van der Waals surface area contributed by atoms with E-state index in [0.717, 1.165) is 16.3 Å². The fourth-order valence-electron chi connectivity index (χ4n) is 2.19. The molecule has 140 valence electrons. The average molecular weight is 376 g/mol. The molecule has 0 fully saturated rings. The highest BCUT2D eigenvalue weighted by atomic mass is 32.1. The molecule has 1 aromatic heterocycles. The molecule has 0 radical (unpaired) electrons. The monoisotopic (exact) mass is 376 g/mol. The Hall–Kier alpha value is -2.61. The third kappa shape index (κ3) is 6.36. The Morgan fingerprint density at radius 1 is 1.27 bits per heavy atom. The van der Waals surface area contributed by atoms with Crippen LogP contribution in [0, 0.1) is 0 Å². The van der Waals surface area contributed by atoms with Crippen LogP contribution in [0.2, 0.25) is 0 Å². The third-order valence-corrected chi connectivity index (χ3v) is 4.34. The Balaban J connectivity index is 1.84. The molecule has 1 heterocycles. The van der Waals surface area contributed by atoms with Crippen molar-refractivity contribution in [3.63, 3.8) is 0 Å². The van der Waals surface area contributed by atoms with Gasteiger partial charge in [0, 0.05) is 26.7 Å². The molecule has 0 aliphatic rings. The van der Waals surface area contributed by atoms with Gasteiger partial charge in [-0.05, 0) is 24.6 Å². The van der Waals surface area contributed by atoms with Gasteiger partial charge in [0.25, 0.3) is 0 Å². The summed E-state index contributed by atoms with van der Waals surface area (Å²) in [5, 5.41) is 7.32. The van der Waals surface area contributed by atoms with Crippen molar-refractivity contribution in [2.45, 2.75) is 26.3 Å². The molecule has 2 N–H and O–H groups in total. The van der Waals surface area contributed by atoms with Crippen LogP contribution in [0.1, 0.15) is 19.4 Å². The predicted molar refractivity (Wildman–Crippen MR) is 105 cm³/mol. The van der Waals surface area contributed by atoms with Crippen LogP contribution < -0.4 is 15.5 Å². The maximum atomic E-state index is 12.2. The first-order chi connectivity index (χ1) is 12.3. The van der Waals surface area contributed by atoms with E-state index in [0.29, 0.717) is 11.6 Å². The number of carbonyl (C=O) groups excluding carboxylic acids is 2. The second-order valence-electron chi connectivity index (χ2n) is 6.16. The van der Waals surface area contributed by atoms with Gasteiger partial charge in [-0.2, -0.15) is 0 Å². The largest absolute Gasteiger partial charge is 0.464 e. The van der Waals surface area contributed by atoms with Crippen LogP contribution in [-0.2, 0) is 20.7 Å². The van der Waals surface area contributed by atoms with Crippen molar-refractivity contribution in [2.24, 2.45) is 0 Å². The quantitative estimate of drug-likeness (QED) is 0.689. The summed E-state index contributed by atoms with van der Waals surface area (Å²) < 4.78 is 4.95. The van der Waals surface area contributed by atoms with Gasteiger partial charge in [0.15, 0.2) is 5.13 Å². The van der Waals surface area contributed by atoms with Crippen molar-refractivity contribution >= 4 is 39.0 Å². The van der Waals surface area contributed by atoms with Gasteiger partial charge < -0.3 is 20.3 Å². The minimum Gasteiger partial charge on any atom is -0.464 e. The molecule has 0 saturated heterocycles. The lowest BCUT2D eigenvalue weighted by Crippen LogP contribution is -2.22. The fourth-order valence-corrected chi connectivity index (χ4v) is 3.03. The van der Waals surface area contributed by atoms with E-state index in [1.165, 1.54) is 18.3 Å². The number of amides is 1. The standard InChI is InChI=1S/C18H24N4O3S/c1-12(11-25-13(2)23)20-17-10-19-18(26-17)21-16(24)9-14-5-7-15(8-6-14)22(3)4/h5-8,10,12,20H,9,11H2,1-4H3,(H,19,21,24). The highest BCUT2D eigenvalue weighted by Crippen LogP contribution is 2.24. The number of rotatable bonds is 8. The summed E-state index contributed by atoms with van der Waals surface area (Å²) in [5.41, 5.74) is 2.03. The van der Waals surface area contributed by atoms with E-state index in [2.05, 4.69) is 15.6 Å². The Bertz CT molecular complexity index is 743. The second kappa shape index (κ2) is 9.19. The van der Waals surface area contributed by atoms with Crippen molar-refractivity contribution in [2.75, 3.05) is 36.2 Å². The topological polar surface area (TPSA) is 83.6 Å². The number of hydrogen-bond acceptors (Lipinski definition) is 7. The fraction of sp³-hybridized carbons (Fsp3) is 0.389. The molecule has 1 amide bonds. The molecule has 0 aliphatic heterocycles. The predicted octanol–water partition coefficient (Wildman–Crippen LogP) is 2.75. The van der Waals surface area contributed by atoms with Crippen molar-refractivity contribution in [1.82, 2.24) is 4.98 Å². The zero-order valence-electron chi connectivity index (χ0n) is 15.4. The lowest BCUT2D eigenvalue weighted by molar-refractivity contribution is -0.141. The highest BCUT2D eigenvalue weighted by molar-refractivity contribution is 7.19. The molecular formula is C18H24N4O3S. The molecule has 8 heteroatoms. The van der Waals surface area contributed by atoms with Crippen LogP contribution in [-0.4, -0.2) is 43.6 Å². The van der Waals surface area contributed by atoms with Crippen molar-refractivity contribution < 1.29 is 14.3 Å². The summed E-state index contributed by atoms with van der Waals surface area (Å²) in [6.07, 6.45) is 1.94. The van der Waals surface area contributed by atoms with Gasteiger partial charge >= 0.3 is 5.97 Å². The van der Waals surface area contributed by atoms with Gasteiger partial charge in [-0.15, -0.1) is 0 Å². The first kappa shape index (κ1) is 19.7. The lowest BCUT2D eigenvalue weighted by Gasteiger charge is -2.12. The number of carbonyl (C=O) groups is 2. The number of nitrogens with one attached hydrogen (secondary N) is 2. The minimum atomic E-state index is -0.311. The van der Waals surface area contributed by atoms with Gasteiger partial charge in [0.1, 0.15) is 11.6 Å². The SMILES string of the molecule is CC(=O)OCC(C)Nc1cnc(NC(=O)Cc2ccc(N(C)C)cc2)s1. The van der Waals surface area contributed by atoms with E-state index in [1.807, 2.05) is 50.2 Å². The number of aromatic nitrogens is 1. The number of hydrogen-bond donors (Lipinski definition) is 2. The molecular weight excluding hydrogens is 352 g/mol. The van der Waals surface area contributed by atoms with Crippen LogP contribution in [0.15, 0.2) is 30.5 Å². The molecule has 26 heavy (non-hydrogen) atoms. The van der Waals surface area contributed by atoms with E-state index in [9.17, 15) is 9.59 Å². The first-order valence-electron chi connectivity index (χ1n) is 8.25. The highest BCUT2D eigenvalue weighted by Gasteiger charge is 2.10. The number of ether oxygens (including phenoxy) is 1. The number of benzene rings is 1. The number of thiazole rings is 1. The molecule has 1 aromatic carbocycles. The van der Waals surface area contributed by atoms with Crippen LogP contribution in [0.5, 0.6) is 0 Å². The molecule has 7 nitrogen and oxygen atoms in total. The van der Waals surface area contributed by atoms with Crippen molar-refractivity contribution in [1.29, 1.82) is 0 Å². The summed E-state index contributed by atoms with van der Waals surface area (Å²) in [6, 6.07) is 7.82. The molecule has 2 aromatic rings. The van der Waals surface area contributed by atoms with E-state index in [-0.39, 0.29) is 24.5 Å². The van der Waals surface area contributed by atoms with E-state index in [1.54, 1.807) is 6.20 Å². The van der Waals surface area contributed by atoms with Crippen LogP contribution in [0.4, 0.5) is 15.8 Å². The Kier molecular flexibility index (Phi) is 6.97. The average Bonchev–Trinajstić information content (AvgIpc) is 3.00. The molecule has 1 atom stereocenters. The maximum Gasteiger partial charge on any atom is 0.302 e. The Morgan fingerprint density at radius 2 is 1.96 bits per heavy atom. The summed E-state index contributed by atoms with van der Waals surface area (Å²) in [6.45, 7) is 3.55. The molecule has 2 rings (SSSR count). The zero-order valence-corrected chi connectivity index (χ0v) is 16.2. The van der Waals surface area contributed by atoms with Crippen molar-refractivity contribution in [3.05, 3.63) is 36.0 Å². The second-order valence-corrected chi connectivity index (χ2v) is 7.19. The van der Waals surface area contributed by atoms with Gasteiger partial charge in [-0.25, -0.2) is 4.98 Å². The van der Waals surface area contributed by atoms with Gasteiger partial charge in [0.2, 0.25) is 5.91 Å². The molecule has 1 unspecified atom stereocenters. The van der Waals surface area contributed by atoms with E-state index >= 15 is 0 Å². The van der Waals surface area contributed by atoms with Crippen LogP contribution >= 0.6 is 11.3 Å². The van der Waals surface area contributed by atoms with Crippen molar-refractivity contribution in [3.8, 4) is 0 Å². The maximum absolute atomic E-state index is 12.2. The molecule has 0 bridgehead atoms. The molecule has 0 aliphatic carbocycles. The van der Waals surface area contributed by atoms with E-state index < -0.39 is 0 Å². The van der Waals surface area contributed by atoms with Gasteiger partial charge in [-0.1, -0.05) is 23.5 Å². The first-order valence-corrected chi connectivity index (χ1v) is 9.07. The van der Waals surface area contributed by atoms with E-state index in [4.69, 9.17) is 4.74 Å². The third-order valence-electron chi connectivity index (χ3n) is 3.49. The van der Waals surface area contributed by atoms with Gasteiger partial charge in [0.05, 0.1) is 18.7 Å². The molecule has 0 saturated carbocycles. The number of anilines is 3. The smallest absolute Gasteiger partial charge is 0.302 e. The van der Waals surface area contributed by atoms with Gasteiger partial charge in [-0.3, -0.25) is 9.59 Å². The summed E-state index contributed by atoms with van der Waals surface area (Å²) in [7, 11) is 3.95. The lowest BCUT2D eigenvalue weighted by atomic mass is 10.1. The normalized spacial score (nSPS) is 11.5. The summed E-state index contributed by atoms with van der Waals surface area (Å²) >= 11 is 1.34. The number of esters is 1. The van der Waals surface area contributed by atoms with Crippen LogP contribution in [0.25, 0.3) is 0 Å². The summed E-state index contributed by atoms with van der Waals surface area (Å²) in [4.78, 5) is 29.2. The minimum absolute atomic E-state index is 0.0434. The van der Waals surface area contributed by atoms with Crippen LogP contribution in [0.3, 0.4) is 0 Å². The number of nitrogens with zero attached hydrogens (tertiary/aromatic N) is 2. The Morgan fingerprint density at radius 3 is 2.58 bits per heavy atom. The Labute approximate surface area is 157 Å². The zero-order chi connectivity index (χ0) is 19.1. The summed E-state index contributed by atoms with van der Waals surface area (Å²) in [5.74, 6) is -0.425. The molecule has 0 spiro atoms.